The maximum Gasteiger partial charge on any atom is 0.352 e. The fourth-order valence-electron chi connectivity index (χ4n) is 1.85. The van der Waals surface area contributed by atoms with Gasteiger partial charge in [0.2, 0.25) is 5.43 Å². The van der Waals surface area contributed by atoms with Crippen LogP contribution in [0.1, 0.15) is 25.5 Å². The van der Waals surface area contributed by atoms with Gasteiger partial charge < -0.3 is 4.42 Å². The first kappa shape index (κ1) is 12.6. The molecule has 2 rings (SSSR count). The van der Waals surface area contributed by atoms with E-state index in [2.05, 4.69) is 14.7 Å². The molecule has 0 bridgehead atoms. The van der Waals surface area contributed by atoms with E-state index in [1.807, 2.05) is 0 Å². The van der Waals surface area contributed by atoms with E-state index in [-0.39, 0.29) is 11.2 Å². The highest BCUT2D eigenvalue weighted by Crippen LogP contribution is 2.13. The minimum absolute atomic E-state index is 0.129. The summed E-state index contributed by atoms with van der Waals surface area (Å²) in [6.45, 7) is 3.84. The first-order chi connectivity index (χ1) is 8.65. The van der Waals surface area contributed by atoms with Crippen LogP contribution in [0.25, 0.3) is 0 Å². The molecule has 0 radical (unpaired) electrons. The molecule has 6 heteroatoms. The fraction of sp³-hybridized carbons (Fsp3) is 0.500. The van der Waals surface area contributed by atoms with Crippen molar-refractivity contribution in [2.45, 2.75) is 26.3 Å². The van der Waals surface area contributed by atoms with Crippen LogP contribution >= 0.6 is 0 Å². The Bertz CT molecular complexity index is 476. The summed E-state index contributed by atoms with van der Waals surface area (Å²) in [5.74, 6) is -0.178. The summed E-state index contributed by atoms with van der Waals surface area (Å²) < 4.78 is 5.28. The van der Waals surface area contributed by atoms with Crippen LogP contribution in [-0.2, 0) is 16.2 Å². The van der Waals surface area contributed by atoms with Crippen LogP contribution in [0, 0.1) is 0 Å². The molecule has 1 fully saturated rings. The Morgan fingerprint density at radius 2 is 2.17 bits per heavy atom. The maximum atomic E-state index is 11.6. The van der Waals surface area contributed by atoms with Gasteiger partial charge in [-0.1, -0.05) is 0 Å². The summed E-state index contributed by atoms with van der Waals surface area (Å²) in [6.07, 6.45) is 3.52. The monoisotopic (exact) mass is 253 g/mol. The molecular weight excluding hydrogens is 238 g/mol. The molecule has 0 N–H and O–H groups in total. The SMILES string of the molecule is CC(=O)OOc1coc(CN2CCCC2)cc1=O. The molecule has 1 aromatic rings. The van der Waals surface area contributed by atoms with E-state index >= 15 is 0 Å². The largest absolute Gasteiger partial charge is 0.464 e. The molecule has 1 aromatic heterocycles. The van der Waals surface area contributed by atoms with Crippen molar-refractivity contribution in [1.82, 2.24) is 4.90 Å². The molecule has 98 valence electrons. The Hall–Kier alpha value is -1.82. The average Bonchev–Trinajstić information content (AvgIpc) is 2.80. The molecule has 6 nitrogen and oxygen atoms in total. The smallest absolute Gasteiger partial charge is 0.352 e. The summed E-state index contributed by atoms with van der Waals surface area (Å²) in [7, 11) is 0. The maximum absolute atomic E-state index is 11.6. The zero-order valence-corrected chi connectivity index (χ0v) is 10.2. The zero-order chi connectivity index (χ0) is 13.0. The first-order valence-electron chi connectivity index (χ1n) is 5.84. The lowest BCUT2D eigenvalue weighted by molar-refractivity contribution is -0.211. The Kier molecular flexibility index (Phi) is 3.99. The highest BCUT2D eigenvalue weighted by molar-refractivity contribution is 5.65. The van der Waals surface area contributed by atoms with Gasteiger partial charge in [-0.05, 0) is 25.9 Å². The summed E-state index contributed by atoms with van der Waals surface area (Å²) in [5, 5.41) is 0. The number of carbonyl (C=O) groups is 1. The Morgan fingerprint density at radius 3 is 2.78 bits per heavy atom. The zero-order valence-electron chi connectivity index (χ0n) is 10.2. The number of hydrogen-bond acceptors (Lipinski definition) is 6. The van der Waals surface area contributed by atoms with Gasteiger partial charge in [0.15, 0.2) is 0 Å². The predicted octanol–water partition coefficient (Wildman–Crippen LogP) is 1.09. The lowest BCUT2D eigenvalue weighted by Gasteiger charge is -2.13. The summed E-state index contributed by atoms with van der Waals surface area (Å²) in [5.41, 5.74) is -0.364. The van der Waals surface area contributed by atoms with Gasteiger partial charge in [0.05, 0.1) is 6.54 Å². The minimum Gasteiger partial charge on any atom is -0.464 e. The van der Waals surface area contributed by atoms with Crippen molar-refractivity contribution < 1.29 is 19.0 Å². The third-order valence-corrected chi connectivity index (χ3v) is 2.68. The Balaban J connectivity index is 2.00. The fourth-order valence-corrected chi connectivity index (χ4v) is 1.85. The third kappa shape index (κ3) is 3.33. The van der Waals surface area contributed by atoms with Gasteiger partial charge in [-0.25, -0.2) is 4.79 Å². The normalized spacial score (nSPS) is 15.6. The molecule has 1 saturated heterocycles. The van der Waals surface area contributed by atoms with E-state index in [4.69, 9.17) is 4.42 Å². The Morgan fingerprint density at radius 1 is 1.44 bits per heavy atom. The average molecular weight is 253 g/mol. The Labute approximate surface area is 104 Å². The number of rotatable bonds is 4. The number of hydrogen-bond donors (Lipinski definition) is 0. The molecule has 1 aliphatic heterocycles. The summed E-state index contributed by atoms with van der Waals surface area (Å²) in [4.78, 5) is 33.2. The lowest BCUT2D eigenvalue weighted by Crippen LogP contribution is -2.19. The van der Waals surface area contributed by atoms with Crippen LogP contribution in [0.15, 0.2) is 21.5 Å². The van der Waals surface area contributed by atoms with Crippen molar-refractivity contribution >= 4 is 5.97 Å². The molecule has 0 atom stereocenters. The lowest BCUT2D eigenvalue weighted by atomic mass is 10.3. The molecule has 0 unspecified atom stereocenters. The standard InChI is InChI=1S/C12H15NO5/c1-9(14)17-18-12-8-16-10(6-11(12)15)7-13-4-2-3-5-13/h6,8H,2-5,7H2,1H3. The van der Waals surface area contributed by atoms with Gasteiger partial charge in [-0.3, -0.25) is 19.5 Å². The molecule has 0 aromatic carbocycles. The third-order valence-electron chi connectivity index (χ3n) is 2.68. The first-order valence-corrected chi connectivity index (χ1v) is 5.84. The van der Waals surface area contributed by atoms with Crippen LogP contribution in [0.4, 0.5) is 0 Å². The van der Waals surface area contributed by atoms with Crippen molar-refractivity contribution in [3.63, 3.8) is 0 Å². The number of nitrogens with zero attached hydrogens (tertiary/aromatic N) is 1. The van der Waals surface area contributed by atoms with Crippen molar-refractivity contribution in [3.05, 3.63) is 28.3 Å². The topological polar surface area (TPSA) is 69.0 Å². The van der Waals surface area contributed by atoms with E-state index in [0.29, 0.717) is 12.3 Å². The number of carbonyl (C=O) groups excluding carboxylic acids is 1. The molecule has 2 heterocycles. The van der Waals surface area contributed by atoms with Crippen LogP contribution < -0.4 is 10.3 Å². The van der Waals surface area contributed by atoms with E-state index < -0.39 is 5.97 Å². The van der Waals surface area contributed by atoms with Gasteiger partial charge in [-0.15, -0.1) is 0 Å². The summed E-state index contributed by atoms with van der Waals surface area (Å²) >= 11 is 0. The van der Waals surface area contributed by atoms with Gasteiger partial charge in [0, 0.05) is 13.0 Å². The molecule has 0 spiro atoms. The second kappa shape index (κ2) is 5.68. The van der Waals surface area contributed by atoms with Crippen molar-refractivity contribution in [2.24, 2.45) is 0 Å². The second-order valence-corrected chi connectivity index (χ2v) is 4.22. The van der Waals surface area contributed by atoms with E-state index in [1.54, 1.807) is 0 Å². The molecule has 0 amide bonds. The molecule has 18 heavy (non-hydrogen) atoms. The van der Waals surface area contributed by atoms with Crippen molar-refractivity contribution in [2.75, 3.05) is 13.1 Å². The number of likely N-dealkylation sites (tertiary alicyclic amines) is 1. The van der Waals surface area contributed by atoms with Crippen molar-refractivity contribution in [1.29, 1.82) is 0 Å². The van der Waals surface area contributed by atoms with Crippen LogP contribution in [0.2, 0.25) is 0 Å². The van der Waals surface area contributed by atoms with Crippen molar-refractivity contribution in [3.8, 4) is 5.75 Å². The second-order valence-electron chi connectivity index (χ2n) is 4.22. The highest BCUT2D eigenvalue weighted by atomic mass is 17.2. The van der Waals surface area contributed by atoms with Gasteiger partial charge in [0.1, 0.15) is 12.0 Å². The van der Waals surface area contributed by atoms with Crippen LogP contribution in [0.3, 0.4) is 0 Å². The van der Waals surface area contributed by atoms with E-state index in [9.17, 15) is 9.59 Å². The predicted molar refractivity (Wildman–Crippen MR) is 61.9 cm³/mol. The minimum atomic E-state index is -0.629. The molecule has 0 saturated carbocycles. The van der Waals surface area contributed by atoms with Crippen LogP contribution in [-0.4, -0.2) is 24.0 Å². The van der Waals surface area contributed by atoms with Gasteiger partial charge in [-0.2, -0.15) is 0 Å². The highest BCUT2D eigenvalue weighted by Gasteiger charge is 2.14. The molecule has 0 aliphatic carbocycles. The van der Waals surface area contributed by atoms with Gasteiger partial charge >= 0.3 is 5.97 Å². The molecule has 1 aliphatic rings. The van der Waals surface area contributed by atoms with E-state index in [1.165, 1.54) is 25.8 Å². The van der Waals surface area contributed by atoms with Crippen LogP contribution in [0.5, 0.6) is 5.75 Å². The molecular formula is C12H15NO5. The summed E-state index contributed by atoms with van der Waals surface area (Å²) in [6, 6.07) is 1.36. The quantitative estimate of drug-likeness (QED) is 0.591. The van der Waals surface area contributed by atoms with Gasteiger partial charge in [0.25, 0.3) is 5.75 Å². The van der Waals surface area contributed by atoms with E-state index in [0.717, 1.165) is 19.4 Å².